The van der Waals surface area contributed by atoms with Crippen molar-refractivity contribution in [3.8, 4) is 22.6 Å². The third kappa shape index (κ3) is 9.09. The highest BCUT2D eigenvalue weighted by molar-refractivity contribution is 6.04. The van der Waals surface area contributed by atoms with Gasteiger partial charge in [-0.15, -0.1) is 0 Å². The SMILES string of the molecule is O=C(Nc1cccc(CN2CCCN(Cc3ccc4c(c3)OCO4)CC2)c1)c1ccc(-c2ccccc2)cc1.O=C(O)C(F)(F)F. The lowest BCUT2D eigenvalue weighted by Crippen LogP contribution is -2.30. The van der Waals surface area contributed by atoms with Gasteiger partial charge in [-0.05, 0) is 78.2 Å². The van der Waals surface area contributed by atoms with Crippen molar-refractivity contribution in [2.75, 3.05) is 38.3 Å². The van der Waals surface area contributed by atoms with Crippen molar-refractivity contribution in [1.29, 1.82) is 0 Å². The van der Waals surface area contributed by atoms with Gasteiger partial charge >= 0.3 is 12.1 Å². The van der Waals surface area contributed by atoms with Gasteiger partial charge in [0.1, 0.15) is 0 Å². The van der Waals surface area contributed by atoms with Crippen LogP contribution in [0.4, 0.5) is 18.9 Å². The second-order valence-corrected chi connectivity index (χ2v) is 11.0. The lowest BCUT2D eigenvalue weighted by molar-refractivity contribution is -0.192. The van der Waals surface area contributed by atoms with Crippen LogP contribution >= 0.6 is 0 Å². The summed E-state index contributed by atoms with van der Waals surface area (Å²) in [5, 5.41) is 10.2. The van der Waals surface area contributed by atoms with E-state index < -0.39 is 12.1 Å². The van der Waals surface area contributed by atoms with Gasteiger partial charge in [-0.1, -0.05) is 60.7 Å². The molecule has 11 heteroatoms. The maximum atomic E-state index is 12.9. The number of amides is 1. The number of nitrogens with one attached hydrogen (secondary N) is 1. The summed E-state index contributed by atoms with van der Waals surface area (Å²) < 4.78 is 42.7. The minimum Gasteiger partial charge on any atom is -0.475 e. The van der Waals surface area contributed by atoms with Crippen molar-refractivity contribution >= 4 is 17.6 Å². The molecule has 4 aromatic carbocycles. The molecule has 0 aromatic heterocycles. The Bertz CT molecular complexity index is 1630. The summed E-state index contributed by atoms with van der Waals surface area (Å²) in [6.07, 6.45) is -3.96. The lowest BCUT2D eigenvalue weighted by atomic mass is 10.0. The molecule has 0 atom stereocenters. The smallest absolute Gasteiger partial charge is 0.475 e. The topological polar surface area (TPSA) is 91.3 Å². The molecule has 0 bridgehead atoms. The zero-order valence-corrected chi connectivity index (χ0v) is 25.0. The fourth-order valence-corrected chi connectivity index (χ4v) is 5.29. The molecular formula is C35H34F3N3O5. The van der Waals surface area contributed by atoms with E-state index in [1.165, 1.54) is 11.1 Å². The average Bonchev–Trinajstić information content (AvgIpc) is 3.41. The van der Waals surface area contributed by atoms with Crippen LogP contribution in [0.15, 0.2) is 97.1 Å². The Labute approximate surface area is 265 Å². The molecular weight excluding hydrogens is 599 g/mol. The van der Waals surface area contributed by atoms with Crippen LogP contribution in [0.3, 0.4) is 0 Å². The number of hydrogen-bond donors (Lipinski definition) is 2. The minimum absolute atomic E-state index is 0.0966. The summed E-state index contributed by atoms with van der Waals surface area (Å²) in [5.74, 6) is -1.17. The molecule has 1 amide bonds. The van der Waals surface area contributed by atoms with E-state index in [2.05, 4.69) is 51.5 Å². The first kappa shape index (κ1) is 32.5. The molecule has 1 fully saturated rings. The first-order chi connectivity index (χ1) is 22.1. The molecule has 46 heavy (non-hydrogen) atoms. The molecule has 0 spiro atoms. The van der Waals surface area contributed by atoms with Crippen molar-refractivity contribution in [2.24, 2.45) is 0 Å². The van der Waals surface area contributed by atoms with Crippen LogP contribution in [0, 0.1) is 0 Å². The minimum atomic E-state index is -5.08. The van der Waals surface area contributed by atoms with Crippen LogP contribution < -0.4 is 14.8 Å². The number of fused-ring (bicyclic) bond motifs is 1. The Morgan fingerprint density at radius 1 is 0.717 bits per heavy atom. The molecule has 0 saturated carbocycles. The standard InChI is InChI=1S/C33H33N3O3.C2HF3O2/c37-33(29-13-11-28(12-14-29)27-7-2-1-3-8-27)34-30-9-4-6-25(20-30)22-35-16-5-17-36(19-18-35)23-26-10-15-31-32(21-26)39-24-38-31;3-2(4,5)1(6)7/h1-4,6-15,20-21H,5,16-19,22-24H2,(H,34,37);(H,6,7). The van der Waals surface area contributed by atoms with Crippen LogP contribution in [0.5, 0.6) is 11.5 Å². The number of rotatable bonds is 7. The summed E-state index contributed by atoms with van der Waals surface area (Å²) in [5.41, 5.74) is 6.17. The fraction of sp³-hybridized carbons (Fsp3) is 0.257. The van der Waals surface area contributed by atoms with E-state index in [4.69, 9.17) is 19.4 Å². The second-order valence-electron chi connectivity index (χ2n) is 11.0. The third-order valence-electron chi connectivity index (χ3n) is 7.61. The molecule has 240 valence electrons. The van der Waals surface area contributed by atoms with E-state index >= 15 is 0 Å². The number of halogens is 3. The molecule has 0 radical (unpaired) electrons. The van der Waals surface area contributed by atoms with Gasteiger partial charge in [0.05, 0.1) is 0 Å². The molecule has 2 aliphatic heterocycles. The monoisotopic (exact) mass is 633 g/mol. The van der Waals surface area contributed by atoms with Crippen molar-refractivity contribution in [3.05, 3.63) is 114 Å². The highest BCUT2D eigenvalue weighted by Crippen LogP contribution is 2.33. The third-order valence-corrected chi connectivity index (χ3v) is 7.61. The van der Waals surface area contributed by atoms with E-state index in [1.54, 1.807) is 0 Å². The number of ether oxygens (including phenoxy) is 2. The van der Waals surface area contributed by atoms with Gasteiger partial charge in [0.2, 0.25) is 6.79 Å². The molecule has 8 nitrogen and oxygen atoms in total. The quantitative estimate of drug-likeness (QED) is 0.235. The highest BCUT2D eigenvalue weighted by atomic mass is 19.4. The van der Waals surface area contributed by atoms with Gasteiger partial charge in [-0.3, -0.25) is 14.6 Å². The predicted octanol–water partition coefficient (Wildman–Crippen LogP) is 6.68. The molecule has 2 aliphatic rings. The van der Waals surface area contributed by atoms with Crippen molar-refractivity contribution in [3.63, 3.8) is 0 Å². The molecule has 0 aliphatic carbocycles. The van der Waals surface area contributed by atoms with Gasteiger partial charge in [-0.2, -0.15) is 13.2 Å². The van der Waals surface area contributed by atoms with E-state index in [-0.39, 0.29) is 5.91 Å². The van der Waals surface area contributed by atoms with E-state index in [9.17, 15) is 18.0 Å². The number of carbonyl (C=O) groups excluding carboxylic acids is 1. The van der Waals surface area contributed by atoms with Gasteiger partial charge < -0.3 is 19.9 Å². The normalized spacial score (nSPS) is 14.9. The summed E-state index contributed by atoms with van der Waals surface area (Å²) >= 11 is 0. The molecule has 0 unspecified atom stereocenters. The molecule has 2 N–H and O–H groups in total. The molecule has 4 aromatic rings. The van der Waals surface area contributed by atoms with Crippen LogP contribution in [0.25, 0.3) is 11.1 Å². The Kier molecular flexibility index (Phi) is 10.6. The lowest BCUT2D eigenvalue weighted by Gasteiger charge is -2.22. The zero-order valence-electron chi connectivity index (χ0n) is 25.0. The number of nitrogens with zero attached hydrogens (tertiary/aromatic N) is 2. The molecule has 2 heterocycles. The van der Waals surface area contributed by atoms with Gasteiger partial charge in [-0.25, -0.2) is 4.79 Å². The van der Waals surface area contributed by atoms with Crippen LogP contribution in [0.2, 0.25) is 0 Å². The van der Waals surface area contributed by atoms with Crippen LogP contribution in [-0.4, -0.2) is 65.9 Å². The summed E-state index contributed by atoms with van der Waals surface area (Å²) in [6.45, 7) is 6.25. The number of aliphatic carboxylic acids is 1. The van der Waals surface area contributed by atoms with Gasteiger partial charge in [0, 0.05) is 37.4 Å². The Morgan fingerprint density at radius 2 is 1.33 bits per heavy atom. The summed E-state index contributed by atoms with van der Waals surface area (Å²) in [7, 11) is 0. The van der Waals surface area contributed by atoms with Crippen LogP contribution in [-0.2, 0) is 17.9 Å². The number of anilines is 1. The highest BCUT2D eigenvalue weighted by Gasteiger charge is 2.38. The number of alkyl halides is 3. The number of benzene rings is 4. The van der Waals surface area contributed by atoms with Gasteiger partial charge in [0.25, 0.3) is 5.91 Å². The average molecular weight is 634 g/mol. The first-order valence-corrected chi connectivity index (χ1v) is 14.8. The Balaban J connectivity index is 0.000000537. The predicted molar refractivity (Wildman–Crippen MR) is 168 cm³/mol. The maximum absolute atomic E-state index is 12.9. The van der Waals surface area contributed by atoms with Crippen molar-refractivity contribution in [2.45, 2.75) is 25.7 Å². The van der Waals surface area contributed by atoms with Gasteiger partial charge in [0.15, 0.2) is 11.5 Å². The largest absolute Gasteiger partial charge is 0.490 e. The number of carboxylic acid groups (broad SMARTS) is 1. The summed E-state index contributed by atoms with van der Waals surface area (Å²) in [6, 6.07) is 32.4. The van der Waals surface area contributed by atoms with E-state index in [0.29, 0.717) is 12.4 Å². The number of hydrogen-bond acceptors (Lipinski definition) is 6. The second kappa shape index (κ2) is 14.9. The number of carbonyl (C=O) groups is 2. The van der Waals surface area contributed by atoms with Crippen LogP contribution in [0.1, 0.15) is 27.9 Å². The Morgan fingerprint density at radius 3 is 1.98 bits per heavy atom. The van der Waals surface area contributed by atoms with E-state index in [1.807, 2.05) is 60.7 Å². The van der Waals surface area contributed by atoms with Crippen molar-refractivity contribution < 1.29 is 37.3 Å². The van der Waals surface area contributed by atoms with E-state index in [0.717, 1.165) is 74.0 Å². The zero-order chi connectivity index (χ0) is 32.5. The maximum Gasteiger partial charge on any atom is 0.490 e. The number of carboxylic acids is 1. The molecule has 6 rings (SSSR count). The Hall–Kier alpha value is -4.87. The molecule has 1 saturated heterocycles. The van der Waals surface area contributed by atoms with Crippen molar-refractivity contribution in [1.82, 2.24) is 9.80 Å². The summed E-state index contributed by atoms with van der Waals surface area (Å²) in [4.78, 5) is 26.8. The first-order valence-electron chi connectivity index (χ1n) is 14.8. The fourth-order valence-electron chi connectivity index (χ4n) is 5.29.